The molecule has 0 fully saturated rings. The normalized spacial score (nSPS) is 14.9. The lowest BCUT2D eigenvalue weighted by molar-refractivity contribution is 0.0103. The molecule has 6 heteroatoms. The van der Waals surface area contributed by atoms with E-state index in [1.54, 1.807) is 0 Å². The summed E-state index contributed by atoms with van der Waals surface area (Å²) in [6, 6.07) is 0. The van der Waals surface area contributed by atoms with Crippen molar-refractivity contribution in [1.29, 1.82) is 0 Å². The highest BCUT2D eigenvalue weighted by molar-refractivity contribution is 7.86. The van der Waals surface area contributed by atoms with Crippen molar-refractivity contribution in [3.8, 4) is 0 Å². The Hall–Kier alpha value is -0.230. The van der Waals surface area contributed by atoms with Crippen LogP contribution in [-0.4, -0.2) is 24.1 Å². The van der Waals surface area contributed by atoms with Gasteiger partial charge in [-0.25, -0.2) is 17.2 Å². The molecule has 0 spiro atoms. The van der Waals surface area contributed by atoms with E-state index in [1.807, 2.05) is 0 Å². The van der Waals surface area contributed by atoms with Crippen LogP contribution in [0.5, 0.6) is 0 Å². The highest BCUT2D eigenvalue weighted by Crippen LogP contribution is 2.21. The van der Waals surface area contributed by atoms with E-state index in [9.17, 15) is 21.8 Å². The molecule has 0 radical (unpaired) electrons. The molecule has 0 aromatic heterocycles. The fourth-order valence-corrected chi connectivity index (χ4v) is 2.00. The number of hydrogen-bond acceptors (Lipinski definition) is 3. The van der Waals surface area contributed by atoms with Crippen LogP contribution in [0.4, 0.5) is 8.78 Å². The molecule has 0 aromatic carbocycles. The fraction of sp³-hybridized carbons (Fsp3) is 1.00. The molecule has 1 unspecified atom stereocenters. The number of rotatable bonds is 9. The molecule has 3 nitrogen and oxygen atoms in total. The number of alkyl halides is 2. The van der Waals surface area contributed by atoms with Gasteiger partial charge in [0.1, 0.15) is 0 Å². The Morgan fingerprint density at radius 1 is 1.12 bits per heavy atom. The van der Waals surface area contributed by atoms with Gasteiger partial charge in [0.2, 0.25) is 5.92 Å². The van der Waals surface area contributed by atoms with Crippen LogP contribution in [0, 0.1) is 0 Å². The van der Waals surface area contributed by atoms with Crippen molar-refractivity contribution in [1.82, 2.24) is 0 Å². The van der Waals surface area contributed by atoms with E-state index in [4.69, 9.17) is 0 Å². The van der Waals surface area contributed by atoms with Crippen LogP contribution in [0.15, 0.2) is 0 Å². The van der Waals surface area contributed by atoms with Gasteiger partial charge >= 0.3 is 0 Å². The molecule has 0 amide bonds. The number of hydrogen-bond donors (Lipinski definition) is 0. The Bertz CT molecular complexity index is 296. The molecule has 0 aliphatic carbocycles. The molecular formula is C11H21F2O3S-. The zero-order chi connectivity index (χ0) is 13.5. The third kappa shape index (κ3) is 10.6. The molecule has 0 saturated carbocycles. The summed E-state index contributed by atoms with van der Waals surface area (Å²) in [5, 5.41) is -0.845. The van der Waals surface area contributed by atoms with E-state index in [-0.39, 0.29) is 6.42 Å². The summed E-state index contributed by atoms with van der Waals surface area (Å²) >= 11 is 0. The first-order valence-electron chi connectivity index (χ1n) is 5.95. The molecule has 1 atom stereocenters. The first-order valence-corrected chi connectivity index (χ1v) is 7.42. The second-order valence-corrected chi connectivity index (χ2v) is 6.47. The van der Waals surface area contributed by atoms with Crippen LogP contribution in [-0.2, 0) is 10.1 Å². The predicted molar refractivity (Wildman–Crippen MR) is 62.1 cm³/mol. The molecule has 0 aliphatic heterocycles. The molecule has 0 bridgehead atoms. The Kier molecular flexibility index (Phi) is 7.16. The monoisotopic (exact) mass is 271 g/mol. The lowest BCUT2D eigenvalue weighted by atomic mass is 10.1. The van der Waals surface area contributed by atoms with Crippen LogP contribution >= 0.6 is 0 Å². The second-order valence-electron chi connectivity index (χ2n) is 4.68. The SMILES string of the molecule is CC(CCCCCCCC(C)(F)F)S(=O)(=O)[O-]. The summed E-state index contributed by atoms with van der Waals surface area (Å²) in [4.78, 5) is 0. The molecule has 0 aliphatic rings. The Balaban J connectivity index is 3.42. The molecular weight excluding hydrogens is 250 g/mol. The average molecular weight is 271 g/mol. The first kappa shape index (κ1) is 16.8. The Morgan fingerprint density at radius 3 is 2.06 bits per heavy atom. The van der Waals surface area contributed by atoms with E-state index in [1.165, 1.54) is 6.92 Å². The van der Waals surface area contributed by atoms with E-state index >= 15 is 0 Å². The fourth-order valence-electron chi connectivity index (χ4n) is 1.54. The van der Waals surface area contributed by atoms with Crippen molar-refractivity contribution >= 4 is 10.1 Å². The molecule has 17 heavy (non-hydrogen) atoms. The first-order chi connectivity index (χ1) is 7.63. The van der Waals surface area contributed by atoms with Gasteiger partial charge in [-0.15, -0.1) is 0 Å². The van der Waals surface area contributed by atoms with Gasteiger partial charge in [0.25, 0.3) is 0 Å². The molecule has 0 aromatic rings. The van der Waals surface area contributed by atoms with Crippen LogP contribution in [0.1, 0.15) is 58.8 Å². The summed E-state index contributed by atoms with van der Waals surface area (Å²) in [6.07, 6.45) is 3.72. The van der Waals surface area contributed by atoms with Crippen LogP contribution in [0.3, 0.4) is 0 Å². The minimum absolute atomic E-state index is 0.0989. The highest BCUT2D eigenvalue weighted by atomic mass is 32.2. The van der Waals surface area contributed by atoms with Crippen molar-refractivity contribution in [3.63, 3.8) is 0 Å². The molecule has 0 N–H and O–H groups in total. The summed E-state index contributed by atoms with van der Waals surface area (Å²) < 4.78 is 56.6. The summed E-state index contributed by atoms with van der Waals surface area (Å²) in [5.41, 5.74) is 0. The molecule has 104 valence electrons. The predicted octanol–water partition coefficient (Wildman–Crippen LogP) is 3.31. The van der Waals surface area contributed by atoms with Gasteiger partial charge in [-0.1, -0.05) is 25.7 Å². The topological polar surface area (TPSA) is 57.2 Å². The lowest BCUT2D eigenvalue weighted by Crippen LogP contribution is -2.16. The Labute approximate surface area is 102 Å². The summed E-state index contributed by atoms with van der Waals surface area (Å²) in [6.45, 7) is 2.31. The summed E-state index contributed by atoms with van der Waals surface area (Å²) in [5.74, 6) is -2.59. The van der Waals surface area contributed by atoms with Gasteiger partial charge in [-0.2, -0.15) is 0 Å². The lowest BCUT2D eigenvalue weighted by Gasteiger charge is -2.15. The number of halogens is 2. The number of unbranched alkanes of at least 4 members (excludes halogenated alkanes) is 4. The zero-order valence-electron chi connectivity index (χ0n) is 10.4. The Morgan fingerprint density at radius 2 is 1.59 bits per heavy atom. The van der Waals surface area contributed by atoms with Gasteiger partial charge < -0.3 is 4.55 Å². The van der Waals surface area contributed by atoms with E-state index in [0.717, 1.165) is 26.2 Å². The average Bonchev–Trinajstić information content (AvgIpc) is 2.12. The minimum Gasteiger partial charge on any atom is -0.748 e. The van der Waals surface area contributed by atoms with Crippen molar-refractivity contribution in [2.45, 2.75) is 70.0 Å². The third-order valence-electron chi connectivity index (χ3n) is 2.72. The summed E-state index contributed by atoms with van der Waals surface area (Å²) in [7, 11) is -4.17. The molecule has 0 saturated heterocycles. The van der Waals surface area contributed by atoms with Crippen molar-refractivity contribution in [2.24, 2.45) is 0 Å². The zero-order valence-corrected chi connectivity index (χ0v) is 11.2. The maximum absolute atomic E-state index is 12.4. The minimum atomic E-state index is -4.17. The van der Waals surface area contributed by atoms with Gasteiger partial charge in [0, 0.05) is 11.7 Å². The molecule has 0 rings (SSSR count). The smallest absolute Gasteiger partial charge is 0.245 e. The quantitative estimate of drug-likeness (QED) is 0.477. The van der Waals surface area contributed by atoms with E-state index < -0.39 is 21.3 Å². The standard InChI is InChI=1S/C11H22F2O3S/c1-10(17(14,15)16)8-6-4-3-5-7-9-11(2,12)13/h10H,3-9H2,1-2H3,(H,14,15,16)/p-1. The largest absolute Gasteiger partial charge is 0.748 e. The van der Waals surface area contributed by atoms with Gasteiger partial charge in [-0.05, 0) is 26.7 Å². The maximum atomic E-state index is 12.4. The van der Waals surface area contributed by atoms with Gasteiger partial charge in [-0.3, -0.25) is 0 Å². The van der Waals surface area contributed by atoms with Crippen molar-refractivity contribution < 1.29 is 21.8 Å². The van der Waals surface area contributed by atoms with Crippen molar-refractivity contribution in [2.75, 3.05) is 0 Å². The van der Waals surface area contributed by atoms with E-state index in [0.29, 0.717) is 19.3 Å². The second kappa shape index (κ2) is 7.26. The van der Waals surface area contributed by atoms with Crippen LogP contribution < -0.4 is 0 Å². The molecule has 0 heterocycles. The third-order valence-corrected chi connectivity index (χ3v) is 3.94. The van der Waals surface area contributed by atoms with E-state index in [2.05, 4.69) is 0 Å². The van der Waals surface area contributed by atoms with Crippen LogP contribution in [0.2, 0.25) is 0 Å². The van der Waals surface area contributed by atoms with Crippen LogP contribution in [0.25, 0.3) is 0 Å². The van der Waals surface area contributed by atoms with Gasteiger partial charge in [0.05, 0.1) is 10.1 Å². The van der Waals surface area contributed by atoms with Gasteiger partial charge in [0.15, 0.2) is 0 Å². The maximum Gasteiger partial charge on any atom is 0.245 e. The highest BCUT2D eigenvalue weighted by Gasteiger charge is 2.19. The van der Waals surface area contributed by atoms with Crippen molar-refractivity contribution in [3.05, 3.63) is 0 Å².